The first kappa shape index (κ1) is 19.1. The highest BCUT2D eigenvalue weighted by Crippen LogP contribution is 2.41. The molecule has 8 heteroatoms. The number of thiophene rings is 1. The number of fused-ring (bicyclic) bond motifs is 1. The summed E-state index contributed by atoms with van der Waals surface area (Å²) in [6.07, 6.45) is 5.78. The van der Waals surface area contributed by atoms with Crippen molar-refractivity contribution < 1.29 is 22.4 Å². The Kier molecular flexibility index (Phi) is 5.01. The standard InChI is InChI=1S/C20H21NO5S2/c1-12-4-5-14-16(9-12)27-20(18(14)19(23)15-3-2-7-26-15)21-17(22)10-13-6-8-28(24,25)11-13/h2-3,6-8,12-13H,4-5,9-11H2,1H3,(H,21,22). The van der Waals surface area contributed by atoms with Crippen LogP contribution in [0.4, 0.5) is 5.00 Å². The van der Waals surface area contributed by atoms with Crippen molar-refractivity contribution in [2.75, 3.05) is 11.1 Å². The lowest BCUT2D eigenvalue weighted by Crippen LogP contribution is -2.19. The third-order valence-corrected chi connectivity index (χ3v) is 7.82. The van der Waals surface area contributed by atoms with Crippen LogP contribution in [0.15, 0.2) is 34.3 Å². The number of sulfone groups is 1. The topological polar surface area (TPSA) is 93.5 Å². The van der Waals surface area contributed by atoms with Gasteiger partial charge < -0.3 is 9.73 Å². The van der Waals surface area contributed by atoms with Crippen LogP contribution in [-0.2, 0) is 27.5 Å². The first-order chi connectivity index (χ1) is 13.3. The average Bonchev–Trinajstić information content (AvgIpc) is 3.32. The lowest BCUT2D eigenvalue weighted by molar-refractivity contribution is -0.116. The molecule has 0 aromatic carbocycles. The Labute approximate surface area is 167 Å². The highest BCUT2D eigenvalue weighted by molar-refractivity contribution is 7.94. The fourth-order valence-corrected chi connectivity index (χ4v) is 6.62. The summed E-state index contributed by atoms with van der Waals surface area (Å²) < 4.78 is 28.4. The Morgan fingerprint density at radius 1 is 1.36 bits per heavy atom. The molecule has 1 aliphatic carbocycles. The van der Waals surface area contributed by atoms with Gasteiger partial charge >= 0.3 is 0 Å². The number of carbonyl (C=O) groups excluding carboxylic acids is 2. The summed E-state index contributed by atoms with van der Waals surface area (Å²) >= 11 is 1.45. The molecular formula is C20H21NO5S2. The third-order valence-electron chi connectivity index (χ3n) is 5.19. The number of ketones is 1. The maximum Gasteiger partial charge on any atom is 0.231 e. The smallest absolute Gasteiger partial charge is 0.231 e. The van der Waals surface area contributed by atoms with Crippen LogP contribution in [0.5, 0.6) is 0 Å². The molecule has 2 unspecified atom stereocenters. The lowest BCUT2D eigenvalue weighted by Gasteiger charge is -2.18. The van der Waals surface area contributed by atoms with E-state index in [0.29, 0.717) is 16.5 Å². The van der Waals surface area contributed by atoms with E-state index in [1.165, 1.54) is 23.0 Å². The molecule has 2 aromatic rings. The van der Waals surface area contributed by atoms with Crippen molar-refractivity contribution in [1.82, 2.24) is 0 Å². The molecule has 0 saturated carbocycles. The van der Waals surface area contributed by atoms with E-state index in [1.807, 2.05) is 0 Å². The zero-order valence-corrected chi connectivity index (χ0v) is 17.1. The Hall–Kier alpha value is -2.19. The van der Waals surface area contributed by atoms with Gasteiger partial charge in [-0.1, -0.05) is 13.0 Å². The molecule has 0 saturated heterocycles. The summed E-state index contributed by atoms with van der Waals surface area (Å²) in [6.45, 7) is 2.18. The molecule has 1 N–H and O–H groups in total. The molecule has 0 radical (unpaired) electrons. The van der Waals surface area contributed by atoms with E-state index in [2.05, 4.69) is 12.2 Å². The van der Waals surface area contributed by atoms with Gasteiger partial charge in [0.2, 0.25) is 11.7 Å². The van der Waals surface area contributed by atoms with E-state index in [1.54, 1.807) is 18.2 Å². The van der Waals surface area contributed by atoms with Crippen molar-refractivity contribution in [3.8, 4) is 0 Å². The highest BCUT2D eigenvalue weighted by Gasteiger charge is 2.30. The Morgan fingerprint density at radius 3 is 2.86 bits per heavy atom. The minimum atomic E-state index is -3.20. The van der Waals surface area contributed by atoms with E-state index in [9.17, 15) is 18.0 Å². The lowest BCUT2D eigenvalue weighted by atomic mass is 9.87. The molecule has 1 amide bonds. The van der Waals surface area contributed by atoms with Crippen LogP contribution in [0.2, 0.25) is 0 Å². The molecule has 28 heavy (non-hydrogen) atoms. The minimum Gasteiger partial charge on any atom is -0.461 e. The Balaban J connectivity index is 1.60. The second-order valence-corrected chi connectivity index (χ2v) is 10.6. The van der Waals surface area contributed by atoms with Crippen molar-refractivity contribution in [1.29, 1.82) is 0 Å². The van der Waals surface area contributed by atoms with Crippen LogP contribution in [0.25, 0.3) is 0 Å². The number of nitrogens with one attached hydrogen (secondary N) is 1. The van der Waals surface area contributed by atoms with Crippen LogP contribution in [0.3, 0.4) is 0 Å². The monoisotopic (exact) mass is 419 g/mol. The average molecular weight is 420 g/mol. The summed E-state index contributed by atoms with van der Waals surface area (Å²) in [7, 11) is -3.20. The first-order valence-electron chi connectivity index (χ1n) is 9.26. The van der Waals surface area contributed by atoms with Crippen LogP contribution in [0.1, 0.15) is 46.3 Å². The van der Waals surface area contributed by atoms with E-state index in [-0.39, 0.29) is 35.5 Å². The summed E-state index contributed by atoms with van der Waals surface area (Å²) in [4.78, 5) is 26.7. The number of hydrogen-bond acceptors (Lipinski definition) is 6. The van der Waals surface area contributed by atoms with Crippen LogP contribution in [0, 0.1) is 11.8 Å². The molecule has 0 spiro atoms. The fraction of sp³-hybridized carbons (Fsp3) is 0.400. The van der Waals surface area contributed by atoms with Gasteiger partial charge in [0.25, 0.3) is 0 Å². The molecule has 2 aromatic heterocycles. The molecule has 3 heterocycles. The van der Waals surface area contributed by atoms with Crippen LogP contribution in [-0.4, -0.2) is 25.9 Å². The van der Waals surface area contributed by atoms with Gasteiger partial charge in [0.05, 0.1) is 17.6 Å². The summed E-state index contributed by atoms with van der Waals surface area (Å²) in [5.41, 5.74) is 1.52. The van der Waals surface area contributed by atoms with Crippen molar-refractivity contribution in [3.63, 3.8) is 0 Å². The predicted molar refractivity (Wildman–Crippen MR) is 107 cm³/mol. The summed E-state index contributed by atoms with van der Waals surface area (Å²) in [5, 5.41) is 4.57. The molecule has 2 atom stereocenters. The van der Waals surface area contributed by atoms with Crippen LogP contribution >= 0.6 is 11.3 Å². The van der Waals surface area contributed by atoms with E-state index >= 15 is 0 Å². The SMILES string of the molecule is CC1CCc2c(sc(NC(=O)CC3C=CS(=O)(=O)C3)c2C(=O)c2ccco2)C1. The van der Waals surface area contributed by atoms with Gasteiger partial charge in [-0.05, 0) is 42.9 Å². The van der Waals surface area contributed by atoms with Crippen molar-refractivity contribution in [2.45, 2.75) is 32.6 Å². The highest BCUT2D eigenvalue weighted by atomic mass is 32.2. The molecule has 148 valence electrons. The van der Waals surface area contributed by atoms with Gasteiger partial charge in [-0.3, -0.25) is 9.59 Å². The normalized spacial score (nSPS) is 22.8. The molecular weight excluding hydrogens is 398 g/mol. The van der Waals surface area contributed by atoms with Crippen molar-refractivity contribution in [2.24, 2.45) is 11.8 Å². The van der Waals surface area contributed by atoms with E-state index < -0.39 is 9.84 Å². The van der Waals surface area contributed by atoms with Gasteiger partial charge in [-0.2, -0.15) is 0 Å². The van der Waals surface area contributed by atoms with Crippen molar-refractivity contribution in [3.05, 3.63) is 51.6 Å². The number of hydrogen-bond donors (Lipinski definition) is 1. The van der Waals surface area contributed by atoms with E-state index in [4.69, 9.17) is 4.42 Å². The van der Waals surface area contributed by atoms with Gasteiger partial charge in [-0.15, -0.1) is 11.3 Å². The van der Waals surface area contributed by atoms with Gasteiger partial charge in [-0.25, -0.2) is 8.42 Å². The number of carbonyl (C=O) groups is 2. The van der Waals surface area contributed by atoms with Crippen molar-refractivity contribution >= 4 is 37.9 Å². The quantitative estimate of drug-likeness (QED) is 0.748. The molecule has 1 aliphatic heterocycles. The van der Waals surface area contributed by atoms with Crippen LogP contribution < -0.4 is 5.32 Å². The Bertz CT molecular complexity index is 1050. The maximum atomic E-state index is 13.0. The summed E-state index contributed by atoms with van der Waals surface area (Å²) in [6, 6.07) is 3.29. The number of furan rings is 1. The van der Waals surface area contributed by atoms with Gasteiger partial charge in [0.1, 0.15) is 5.00 Å². The predicted octanol–water partition coefficient (Wildman–Crippen LogP) is 3.58. The van der Waals surface area contributed by atoms with Gasteiger partial charge in [0, 0.05) is 22.6 Å². The Morgan fingerprint density at radius 2 is 2.18 bits per heavy atom. The van der Waals surface area contributed by atoms with Gasteiger partial charge in [0.15, 0.2) is 15.6 Å². The molecule has 0 bridgehead atoms. The second kappa shape index (κ2) is 7.33. The fourth-order valence-electron chi connectivity index (χ4n) is 3.79. The molecule has 4 rings (SSSR count). The zero-order valence-electron chi connectivity index (χ0n) is 15.4. The molecule has 0 fully saturated rings. The number of rotatable bonds is 5. The second-order valence-electron chi connectivity index (χ2n) is 7.53. The maximum absolute atomic E-state index is 13.0. The third kappa shape index (κ3) is 3.84. The zero-order chi connectivity index (χ0) is 19.9. The number of amides is 1. The van der Waals surface area contributed by atoms with E-state index in [0.717, 1.165) is 29.7 Å². The molecule has 6 nitrogen and oxygen atoms in total. The summed E-state index contributed by atoms with van der Waals surface area (Å²) in [5.74, 6) is -0.0992. The first-order valence-corrected chi connectivity index (χ1v) is 11.8. The number of allylic oxidation sites excluding steroid dienone is 1. The number of anilines is 1. The minimum absolute atomic E-state index is 0.0446. The molecule has 2 aliphatic rings. The largest absolute Gasteiger partial charge is 0.461 e.